The van der Waals surface area contributed by atoms with Crippen molar-refractivity contribution >= 4 is 5.78 Å². The van der Waals surface area contributed by atoms with E-state index in [1.54, 1.807) is 44.4 Å². The summed E-state index contributed by atoms with van der Waals surface area (Å²) in [6, 6.07) is 14.0. The van der Waals surface area contributed by atoms with Crippen molar-refractivity contribution in [3.63, 3.8) is 0 Å². The summed E-state index contributed by atoms with van der Waals surface area (Å²) in [6.45, 7) is 3.96. The molecule has 196 valence electrons. The summed E-state index contributed by atoms with van der Waals surface area (Å²) in [5.41, 5.74) is 3.19. The zero-order chi connectivity index (χ0) is 26.6. The predicted molar refractivity (Wildman–Crippen MR) is 140 cm³/mol. The topological polar surface area (TPSA) is 77.9 Å². The molecule has 37 heavy (non-hydrogen) atoms. The number of hydrogen-bond acceptors (Lipinski definition) is 6. The maximum atomic E-state index is 13.9. The van der Waals surface area contributed by atoms with Gasteiger partial charge < -0.3 is 19.3 Å². The van der Waals surface area contributed by atoms with Crippen LogP contribution in [0.1, 0.15) is 54.2 Å². The third-order valence-electron chi connectivity index (χ3n) is 7.51. The second kappa shape index (κ2) is 11.3. The highest BCUT2D eigenvalue weighted by molar-refractivity contribution is 5.97. The van der Waals surface area contributed by atoms with E-state index in [4.69, 9.17) is 24.3 Å². The summed E-state index contributed by atoms with van der Waals surface area (Å²) in [6.07, 6.45) is 3.23. The summed E-state index contributed by atoms with van der Waals surface area (Å²) in [5, 5.41) is 9.02. The number of benzene rings is 2. The molecule has 1 aliphatic carbocycles. The second-order valence-corrected chi connectivity index (χ2v) is 9.78. The van der Waals surface area contributed by atoms with Gasteiger partial charge in [0.1, 0.15) is 23.9 Å². The van der Waals surface area contributed by atoms with Gasteiger partial charge in [-0.25, -0.2) is 9.37 Å². The van der Waals surface area contributed by atoms with Crippen LogP contribution in [0.2, 0.25) is 0 Å². The molecule has 6 nitrogen and oxygen atoms in total. The van der Waals surface area contributed by atoms with Gasteiger partial charge in [-0.05, 0) is 79.8 Å². The first-order valence-corrected chi connectivity index (χ1v) is 12.6. The number of pyridine rings is 1. The lowest BCUT2D eigenvalue weighted by Crippen LogP contribution is -2.30. The van der Waals surface area contributed by atoms with Gasteiger partial charge in [0.15, 0.2) is 17.3 Å². The molecule has 0 aliphatic heterocycles. The van der Waals surface area contributed by atoms with E-state index in [0.717, 1.165) is 30.5 Å². The van der Waals surface area contributed by atoms with Gasteiger partial charge in [-0.2, -0.15) is 0 Å². The van der Waals surface area contributed by atoms with Crippen molar-refractivity contribution in [2.75, 3.05) is 27.4 Å². The number of ether oxygens (including phenoxy) is 3. The first-order valence-electron chi connectivity index (χ1n) is 12.6. The van der Waals surface area contributed by atoms with Crippen LogP contribution in [0.25, 0.3) is 11.3 Å². The average molecular weight is 508 g/mol. The molecular formula is C30H34FNO5. The Kier molecular flexibility index (Phi) is 8.13. The fourth-order valence-corrected chi connectivity index (χ4v) is 5.29. The molecule has 0 spiro atoms. The second-order valence-electron chi connectivity index (χ2n) is 9.78. The maximum absolute atomic E-state index is 13.9. The number of hydrogen-bond donors (Lipinski definition) is 1. The number of Topliss-reactive ketones (excluding diaryl/α,β-unsaturated/α-hetero) is 1. The van der Waals surface area contributed by atoms with Crippen LogP contribution < -0.4 is 14.2 Å². The zero-order valence-electron chi connectivity index (χ0n) is 21.8. The van der Waals surface area contributed by atoms with Crippen LogP contribution in [-0.2, 0) is 5.41 Å². The highest BCUT2D eigenvalue weighted by atomic mass is 19.1. The van der Waals surface area contributed by atoms with E-state index in [1.165, 1.54) is 13.2 Å². The van der Waals surface area contributed by atoms with Crippen LogP contribution in [0.15, 0.2) is 48.5 Å². The number of halogens is 1. The summed E-state index contributed by atoms with van der Waals surface area (Å²) >= 11 is 0. The molecule has 0 amide bonds. The zero-order valence-corrected chi connectivity index (χ0v) is 21.8. The fourth-order valence-electron chi connectivity index (χ4n) is 5.29. The van der Waals surface area contributed by atoms with Crippen molar-refractivity contribution in [3.05, 3.63) is 71.2 Å². The van der Waals surface area contributed by atoms with Crippen LogP contribution >= 0.6 is 0 Å². The number of nitrogens with zero attached hydrogens (tertiary/aromatic N) is 1. The van der Waals surface area contributed by atoms with Gasteiger partial charge in [-0.3, -0.25) is 4.79 Å². The number of carbonyl (C=O) groups excluding carboxylic acids is 1. The number of carbonyl (C=O) groups is 1. The molecule has 3 aromatic rings. The minimum atomic E-state index is -0.292. The fraction of sp³-hybridized carbons (Fsp3) is 0.400. The molecule has 1 aliphatic rings. The molecular weight excluding hydrogens is 473 g/mol. The molecule has 0 bridgehead atoms. The van der Waals surface area contributed by atoms with Crippen LogP contribution in [0.4, 0.5) is 4.39 Å². The normalized spacial score (nSPS) is 19.0. The van der Waals surface area contributed by atoms with Crippen molar-refractivity contribution in [1.29, 1.82) is 0 Å². The first kappa shape index (κ1) is 26.6. The minimum Gasteiger partial charge on any atom is -0.494 e. The van der Waals surface area contributed by atoms with Crippen molar-refractivity contribution in [3.8, 4) is 28.5 Å². The van der Waals surface area contributed by atoms with Crippen LogP contribution in [-0.4, -0.2) is 43.3 Å². The Bertz CT molecular complexity index is 1280. The molecule has 0 radical (unpaired) electrons. The van der Waals surface area contributed by atoms with E-state index in [9.17, 15) is 9.18 Å². The summed E-state index contributed by atoms with van der Waals surface area (Å²) in [7, 11) is 3.13. The Morgan fingerprint density at radius 1 is 1.08 bits per heavy atom. The van der Waals surface area contributed by atoms with Gasteiger partial charge in [0.2, 0.25) is 0 Å². The van der Waals surface area contributed by atoms with Gasteiger partial charge in [0, 0.05) is 28.7 Å². The largest absolute Gasteiger partial charge is 0.494 e. The van der Waals surface area contributed by atoms with E-state index in [0.29, 0.717) is 40.5 Å². The number of methoxy groups -OCH3 is 2. The third kappa shape index (κ3) is 5.47. The molecule has 4 rings (SSSR count). The highest BCUT2D eigenvalue weighted by Crippen LogP contribution is 2.48. The first-order chi connectivity index (χ1) is 17.8. The predicted octanol–water partition coefficient (Wildman–Crippen LogP) is 5.92. The van der Waals surface area contributed by atoms with Gasteiger partial charge in [0.25, 0.3) is 0 Å². The average Bonchev–Trinajstić information content (AvgIpc) is 3.29. The van der Waals surface area contributed by atoms with Gasteiger partial charge in [-0.15, -0.1) is 0 Å². The standard InChI is InChI=1S/C30H34FNO5/c1-19-16-21(7-9-23(19)31)29-26(35-3)11-12-28(32-29)30(2)13-5-6-22(30)18-24(34)20-8-10-25(37-15-14-33)27(17-20)36-4/h7-12,16-17,22,33H,5-6,13-15,18H2,1-4H3/t22-,30?/m0/s1. The quantitative estimate of drug-likeness (QED) is 0.344. The molecule has 1 N–H and O–H groups in total. The maximum Gasteiger partial charge on any atom is 0.163 e. The van der Waals surface area contributed by atoms with Crippen LogP contribution in [0.3, 0.4) is 0 Å². The van der Waals surface area contributed by atoms with E-state index >= 15 is 0 Å². The number of aromatic nitrogens is 1. The Morgan fingerprint density at radius 2 is 1.84 bits per heavy atom. The SMILES string of the molecule is COc1cc(C(=O)C[C@@H]2CCCC2(C)c2ccc(OC)c(-c3ccc(F)c(C)c3)n2)ccc1OCCO. The van der Waals surface area contributed by atoms with Crippen LogP contribution in [0, 0.1) is 18.7 Å². The summed E-state index contributed by atoms with van der Waals surface area (Å²) in [5.74, 6) is 1.46. The Hall–Kier alpha value is -3.45. The lowest BCUT2D eigenvalue weighted by atomic mass is 9.74. The number of rotatable bonds is 10. The van der Waals surface area contributed by atoms with Crippen molar-refractivity contribution in [2.24, 2.45) is 5.92 Å². The third-order valence-corrected chi connectivity index (χ3v) is 7.51. The molecule has 1 heterocycles. The van der Waals surface area contributed by atoms with Gasteiger partial charge in [-0.1, -0.05) is 13.3 Å². The molecule has 2 atom stereocenters. The molecule has 1 aromatic heterocycles. The lowest BCUT2D eigenvalue weighted by Gasteiger charge is -2.31. The molecule has 1 fully saturated rings. The number of aryl methyl sites for hydroxylation is 1. The van der Waals surface area contributed by atoms with Crippen LogP contribution in [0.5, 0.6) is 17.2 Å². The Labute approximate surface area is 217 Å². The molecule has 1 unspecified atom stereocenters. The van der Waals surface area contributed by atoms with E-state index < -0.39 is 0 Å². The number of ketones is 1. The van der Waals surface area contributed by atoms with E-state index in [-0.39, 0.29) is 36.1 Å². The smallest absolute Gasteiger partial charge is 0.163 e. The Balaban J connectivity index is 1.61. The highest BCUT2D eigenvalue weighted by Gasteiger charge is 2.42. The van der Waals surface area contributed by atoms with E-state index in [2.05, 4.69) is 6.92 Å². The van der Waals surface area contributed by atoms with E-state index in [1.807, 2.05) is 12.1 Å². The molecule has 7 heteroatoms. The summed E-state index contributed by atoms with van der Waals surface area (Å²) < 4.78 is 30.4. The Morgan fingerprint density at radius 3 is 2.54 bits per heavy atom. The van der Waals surface area contributed by atoms with Crippen molar-refractivity contribution < 1.29 is 28.5 Å². The van der Waals surface area contributed by atoms with Crippen molar-refractivity contribution in [1.82, 2.24) is 4.98 Å². The van der Waals surface area contributed by atoms with Crippen molar-refractivity contribution in [2.45, 2.75) is 44.9 Å². The molecule has 1 saturated carbocycles. The van der Waals surface area contributed by atoms with Gasteiger partial charge in [0.05, 0.1) is 20.8 Å². The molecule has 2 aromatic carbocycles. The molecule has 0 saturated heterocycles. The summed E-state index contributed by atoms with van der Waals surface area (Å²) in [4.78, 5) is 18.4. The monoisotopic (exact) mass is 507 g/mol. The lowest BCUT2D eigenvalue weighted by molar-refractivity contribution is 0.0943. The minimum absolute atomic E-state index is 0.0352. The number of aliphatic hydroxyl groups is 1. The number of aliphatic hydroxyl groups excluding tert-OH is 1. The van der Waals surface area contributed by atoms with Gasteiger partial charge >= 0.3 is 0 Å².